The number of rotatable bonds is 7. The lowest BCUT2D eigenvalue weighted by atomic mass is 9.33. The number of anilines is 6. The summed E-state index contributed by atoms with van der Waals surface area (Å²) in [6, 6.07) is 78.7. The molecule has 0 aliphatic carbocycles. The van der Waals surface area contributed by atoms with Gasteiger partial charge in [0.15, 0.2) is 11.2 Å². The van der Waals surface area contributed by atoms with Crippen LogP contribution in [0.1, 0.15) is 85.9 Å². The second kappa shape index (κ2) is 20.2. The molecule has 89 heavy (non-hydrogen) atoms. The molecule has 0 N–H and O–H groups in total. The molecule has 0 saturated carbocycles. The summed E-state index contributed by atoms with van der Waals surface area (Å²) in [6.07, 6.45) is 0. The molecule has 0 atom stereocenters. The third-order valence-electron chi connectivity index (χ3n) is 18.6. The number of hydrogen-bond donors (Lipinski definition) is 0. The molecular weight excluding hydrogens is 1080 g/mol. The maximum Gasteiger partial charge on any atom is 0.252 e. The van der Waals surface area contributed by atoms with Crippen molar-refractivity contribution in [1.29, 1.82) is 0 Å². The van der Waals surface area contributed by atoms with Crippen LogP contribution in [0.5, 0.6) is 0 Å². The highest BCUT2D eigenvalue weighted by molar-refractivity contribution is 7.00. The Morgan fingerprint density at radius 2 is 0.708 bits per heavy atom. The summed E-state index contributed by atoms with van der Waals surface area (Å²) in [5.74, 6) is 0. The Hall–Kier alpha value is -10.1. The van der Waals surface area contributed by atoms with Crippen LogP contribution in [0.15, 0.2) is 264 Å². The molecule has 2 aliphatic heterocycles. The van der Waals surface area contributed by atoms with Crippen molar-refractivity contribution in [2.24, 2.45) is 0 Å². The lowest BCUT2D eigenvalue weighted by molar-refractivity contribution is 0.569. The Kier molecular flexibility index (Phi) is 11.1. The molecule has 2 aliphatic rings. The Labute approximate surface area is 529 Å². The van der Waals surface area contributed by atoms with Crippen molar-refractivity contribution in [2.45, 2.75) is 78.6 Å². The maximum atomic E-state index is 9.46. The van der Waals surface area contributed by atoms with Gasteiger partial charge in [-0.05, 0) is 130 Å². The van der Waals surface area contributed by atoms with Gasteiger partial charge in [0.05, 0.1) is 18.2 Å². The molecule has 5 heteroatoms. The molecular formula is C84H69BN2O2. The highest BCUT2D eigenvalue weighted by Gasteiger charge is 2.45. The van der Waals surface area contributed by atoms with Crippen molar-refractivity contribution >= 4 is 101 Å². The summed E-state index contributed by atoms with van der Waals surface area (Å²) in [5.41, 5.74) is 23.5. The fourth-order valence-electron chi connectivity index (χ4n) is 13.9. The predicted molar refractivity (Wildman–Crippen MR) is 378 cm³/mol. The molecule has 16 rings (SSSR count). The van der Waals surface area contributed by atoms with E-state index in [2.05, 4.69) is 278 Å². The van der Waals surface area contributed by atoms with E-state index in [0.717, 1.165) is 133 Å². The second-order valence-electron chi connectivity index (χ2n) is 27.3. The first kappa shape index (κ1) is 49.0. The normalized spacial score (nSPS) is 13.9. The van der Waals surface area contributed by atoms with Crippen molar-refractivity contribution in [3.8, 4) is 55.6 Å². The molecule has 0 bridgehead atoms. The molecule has 4 heterocycles. The highest BCUT2D eigenvalue weighted by Crippen LogP contribution is 2.52. The molecule has 430 valence electrons. The van der Waals surface area contributed by atoms with Gasteiger partial charge in [-0.2, -0.15) is 0 Å². The van der Waals surface area contributed by atoms with Gasteiger partial charge in [0.2, 0.25) is 0 Å². The van der Waals surface area contributed by atoms with Crippen molar-refractivity contribution in [2.75, 3.05) is 9.80 Å². The van der Waals surface area contributed by atoms with Gasteiger partial charge in [0.1, 0.15) is 11.2 Å². The fraction of sp³-hybridized carbons (Fsp3) is 0.143. The molecule has 0 amide bonds. The van der Waals surface area contributed by atoms with Crippen molar-refractivity contribution in [1.82, 2.24) is 0 Å². The van der Waals surface area contributed by atoms with E-state index in [1.807, 2.05) is 18.2 Å². The van der Waals surface area contributed by atoms with E-state index in [1.54, 1.807) is 0 Å². The Balaban J connectivity index is 1.07. The average Bonchev–Trinajstić information content (AvgIpc) is 0.777. The topological polar surface area (TPSA) is 32.8 Å². The minimum Gasteiger partial charge on any atom is -0.453 e. The summed E-state index contributed by atoms with van der Waals surface area (Å²) in [4.78, 5) is 4.81. The minimum atomic E-state index is -0.489. The summed E-state index contributed by atoms with van der Waals surface area (Å²) < 4.78 is 60.4. The number of benzene rings is 12. The maximum absolute atomic E-state index is 9.46. The van der Waals surface area contributed by atoms with Crippen LogP contribution in [0.4, 0.5) is 34.1 Å². The zero-order valence-electron chi connectivity index (χ0n) is 56.7. The van der Waals surface area contributed by atoms with E-state index in [9.17, 15) is 2.74 Å². The standard InChI is InChI=1S/C84H69BN2O2/c1-82(2,3)60-31-19-30-55(44-60)57-41-43-72-70(48-57)85-69-47-56(52-24-13-10-14-25-52)40-42-71(69)86(73-38-22-36-67-65-34-20-32-63(78(65)88-80(67)73)53-26-15-11-16-27-53)75-49-59(58-45-61(83(4,5)6)51-62(46-58)84(7,8)9)50-76(77(75)85)87(72)74-39-23-37-68-66-35-21-33-64(79(66)89-81(68)74)54-28-17-12-18-29-54/h10-51H,1-9H3/i10D,13D,14D,24D,25D. The Bertz CT molecular complexity index is 5400. The zero-order valence-corrected chi connectivity index (χ0v) is 51.7. The number of fused-ring (bicyclic) bond motifs is 10. The van der Waals surface area contributed by atoms with E-state index >= 15 is 0 Å². The molecule has 0 fully saturated rings. The lowest BCUT2D eigenvalue weighted by Crippen LogP contribution is -2.61. The van der Waals surface area contributed by atoms with Crippen molar-refractivity contribution in [3.63, 3.8) is 0 Å². The summed E-state index contributed by atoms with van der Waals surface area (Å²) >= 11 is 0. The van der Waals surface area contributed by atoms with Gasteiger partial charge in [0, 0.05) is 55.4 Å². The number of hydrogen-bond acceptors (Lipinski definition) is 4. The number of nitrogens with zero attached hydrogens (tertiary/aromatic N) is 2. The SMILES string of the molecule is [2H]c1c([2H])c([2H])c(-c2ccc3c(c2)B2c4cc(-c5cccc(C(C)(C)C)c5)ccc4N(c4cccc5c4oc4c(-c6ccccc6)cccc45)c4cc(-c5cc(C(C)(C)C)cc(C(C)(C)C)c5)cc(c42)N3c2cccc3c2oc2c(-c4ccccc4)cccc23)c([2H])c1[2H]. The van der Waals surface area contributed by atoms with E-state index in [1.165, 1.54) is 16.7 Å². The van der Waals surface area contributed by atoms with Gasteiger partial charge in [-0.3, -0.25) is 0 Å². The first-order chi connectivity index (χ1) is 45.1. The third-order valence-corrected chi connectivity index (χ3v) is 18.6. The number of furan rings is 2. The van der Waals surface area contributed by atoms with Gasteiger partial charge in [-0.1, -0.05) is 281 Å². The van der Waals surface area contributed by atoms with Gasteiger partial charge in [0.25, 0.3) is 6.71 Å². The van der Waals surface area contributed by atoms with Crippen LogP contribution in [-0.2, 0) is 16.2 Å². The summed E-state index contributed by atoms with van der Waals surface area (Å²) in [5, 5.41) is 3.96. The minimum absolute atomic E-state index is 0.115. The summed E-state index contributed by atoms with van der Waals surface area (Å²) in [7, 11) is 0. The zero-order chi connectivity index (χ0) is 65.0. The largest absolute Gasteiger partial charge is 0.453 e. The Morgan fingerprint density at radius 1 is 0.303 bits per heavy atom. The smallest absolute Gasteiger partial charge is 0.252 e. The first-order valence-electron chi connectivity index (χ1n) is 33.5. The summed E-state index contributed by atoms with van der Waals surface area (Å²) in [6.45, 7) is 20.0. The molecule has 0 saturated heterocycles. The van der Waals surface area contributed by atoms with Crippen LogP contribution < -0.4 is 26.2 Å². The van der Waals surface area contributed by atoms with Crippen LogP contribution in [-0.4, -0.2) is 6.71 Å². The van der Waals surface area contributed by atoms with Gasteiger partial charge >= 0.3 is 0 Å². The van der Waals surface area contributed by atoms with Crippen LogP contribution in [0, 0.1) is 0 Å². The molecule has 0 radical (unpaired) electrons. The van der Waals surface area contributed by atoms with Crippen molar-refractivity contribution in [3.05, 3.63) is 271 Å². The molecule has 14 aromatic rings. The fourth-order valence-corrected chi connectivity index (χ4v) is 13.9. The molecule has 2 aromatic heterocycles. The van der Waals surface area contributed by atoms with E-state index < -0.39 is 12.8 Å². The molecule has 0 spiro atoms. The van der Waals surface area contributed by atoms with Crippen LogP contribution in [0.3, 0.4) is 0 Å². The van der Waals surface area contributed by atoms with Gasteiger partial charge in [-0.15, -0.1) is 0 Å². The average molecular weight is 1150 g/mol. The van der Waals surface area contributed by atoms with E-state index in [4.69, 9.17) is 12.9 Å². The number of para-hydroxylation sites is 4. The Morgan fingerprint density at radius 3 is 1.19 bits per heavy atom. The molecule has 0 unspecified atom stereocenters. The van der Waals surface area contributed by atoms with E-state index in [0.29, 0.717) is 11.1 Å². The van der Waals surface area contributed by atoms with E-state index in [-0.39, 0.29) is 46.0 Å². The molecule has 4 nitrogen and oxygen atoms in total. The first-order valence-corrected chi connectivity index (χ1v) is 31.0. The van der Waals surface area contributed by atoms with Crippen LogP contribution >= 0.6 is 0 Å². The third kappa shape index (κ3) is 8.95. The van der Waals surface area contributed by atoms with Crippen LogP contribution in [0.25, 0.3) is 99.5 Å². The van der Waals surface area contributed by atoms with Crippen LogP contribution in [0.2, 0.25) is 0 Å². The predicted octanol–water partition coefficient (Wildman–Crippen LogP) is 21.8. The molecule has 12 aromatic carbocycles. The highest BCUT2D eigenvalue weighted by atomic mass is 16.3. The quantitative estimate of drug-likeness (QED) is 0.149. The lowest BCUT2D eigenvalue weighted by Gasteiger charge is -2.44. The van der Waals surface area contributed by atoms with Crippen molar-refractivity contribution < 1.29 is 15.7 Å². The second-order valence-corrected chi connectivity index (χ2v) is 27.3. The van der Waals surface area contributed by atoms with Gasteiger partial charge in [-0.25, -0.2) is 0 Å². The van der Waals surface area contributed by atoms with Gasteiger partial charge < -0.3 is 18.6 Å². The monoisotopic (exact) mass is 1150 g/mol.